The average molecular weight is 240 g/mol. The molecule has 82 valence electrons. The minimum absolute atomic E-state index is 0.708. The van der Waals surface area contributed by atoms with E-state index < -0.39 is 0 Å². The molecule has 0 aromatic carbocycles. The van der Waals surface area contributed by atoms with E-state index in [1.54, 1.807) is 0 Å². The van der Waals surface area contributed by atoms with Crippen LogP contribution in [0.15, 0.2) is 5.38 Å². The summed E-state index contributed by atoms with van der Waals surface area (Å²) < 4.78 is 0. The van der Waals surface area contributed by atoms with Crippen LogP contribution in [-0.2, 0) is 0 Å². The molecule has 2 nitrogen and oxygen atoms in total. The first-order valence-corrected chi connectivity index (χ1v) is 7.70. The van der Waals surface area contributed by atoms with E-state index in [1.807, 2.05) is 11.3 Å². The Hall–Kier alpha value is -0.0600. The lowest BCUT2D eigenvalue weighted by Crippen LogP contribution is -2.39. The van der Waals surface area contributed by atoms with E-state index in [2.05, 4.69) is 22.5 Å². The molecule has 1 N–H and O–H groups in total. The summed E-state index contributed by atoms with van der Waals surface area (Å²) in [6.45, 7) is 2.26. The van der Waals surface area contributed by atoms with E-state index in [4.69, 9.17) is 4.98 Å². The molecule has 1 aromatic rings. The molecule has 4 heteroatoms. The van der Waals surface area contributed by atoms with Gasteiger partial charge in [-0.2, -0.15) is 11.8 Å². The van der Waals surface area contributed by atoms with Gasteiger partial charge in [0, 0.05) is 36.1 Å². The van der Waals surface area contributed by atoms with Crippen molar-refractivity contribution in [1.29, 1.82) is 0 Å². The van der Waals surface area contributed by atoms with E-state index in [0.29, 0.717) is 5.92 Å². The van der Waals surface area contributed by atoms with E-state index in [-0.39, 0.29) is 0 Å². The second kappa shape index (κ2) is 4.44. The number of aromatic nitrogens is 1. The lowest BCUT2D eigenvalue weighted by Gasteiger charge is -2.25. The molecule has 3 rings (SSSR count). The standard InChI is InChI=1S/C11H16N2S2/c1-2-8(6-14-3-1)10-7-15-11(13-10)9-4-12-5-9/h7-9,12H,1-6H2. The monoisotopic (exact) mass is 240 g/mol. The molecule has 2 aliphatic heterocycles. The smallest absolute Gasteiger partial charge is 0.0984 e. The Labute approximate surface area is 98.9 Å². The maximum atomic E-state index is 4.82. The van der Waals surface area contributed by atoms with E-state index in [9.17, 15) is 0 Å². The number of nitrogens with zero attached hydrogens (tertiary/aromatic N) is 1. The van der Waals surface area contributed by atoms with Crippen LogP contribution in [-0.4, -0.2) is 29.6 Å². The SMILES string of the molecule is c1sc(C2CNC2)nc1C1CCCSC1. The predicted molar refractivity (Wildman–Crippen MR) is 67.0 cm³/mol. The molecule has 0 saturated carbocycles. The van der Waals surface area contributed by atoms with E-state index in [1.165, 1.54) is 35.0 Å². The highest BCUT2D eigenvalue weighted by Gasteiger charge is 2.24. The second-order valence-electron chi connectivity index (χ2n) is 4.38. The van der Waals surface area contributed by atoms with Gasteiger partial charge >= 0.3 is 0 Å². The van der Waals surface area contributed by atoms with E-state index in [0.717, 1.165) is 19.0 Å². The third kappa shape index (κ3) is 2.08. The topological polar surface area (TPSA) is 24.9 Å². The molecule has 2 aliphatic rings. The molecule has 15 heavy (non-hydrogen) atoms. The lowest BCUT2D eigenvalue weighted by atomic mass is 10.0. The zero-order chi connectivity index (χ0) is 10.1. The average Bonchev–Trinajstić information content (AvgIpc) is 2.66. The van der Waals surface area contributed by atoms with Gasteiger partial charge in [-0.25, -0.2) is 4.98 Å². The lowest BCUT2D eigenvalue weighted by molar-refractivity contribution is 0.445. The first-order chi connectivity index (χ1) is 7.43. The number of thiazole rings is 1. The van der Waals surface area contributed by atoms with Crippen molar-refractivity contribution >= 4 is 23.1 Å². The van der Waals surface area contributed by atoms with Crippen LogP contribution in [0.4, 0.5) is 0 Å². The van der Waals surface area contributed by atoms with Gasteiger partial charge in [0.05, 0.1) is 10.7 Å². The Bertz CT molecular complexity index is 327. The largest absolute Gasteiger partial charge is 0.315 e. The van der Waals surface area contributed by atoms with Gasteiger partial charge in [-0.1, -0.05) is 0 Å². The van der Waals surface area contributed by atoms with Gasteiger partial charge in [0.15, 0.2) is 0 Å². The van der Waals surface area contributed by atoms with Crippen LogP contribution in [0.1, 0.15) is 35.4 Å². The summed E-state index contributed by atoms with van der Waals surface area (Å²) >= 11 is 3.95. The van der Waals surface area contributed by atoms with Gasteiger partial charge in [-0.05, 0) is 18.6 Å². The van der Waals surface area contributed by atoms with Crippen LogP contribution in [0, 0.1) is 0 Å². The van der Waals surface area contributed by atoms with Gasteiger partial charge in [-0.3, -0.25) is 0 Å². The van der Waals surface area contributed by atoms with Crippen molar-refractivity contribution in [3.05, 3.63) is 16.1 Å². The molecule has 0 aliphatic carbocycles. The predicted octanol–water partition coefficient (Wildman–Crippen LogP) is 2.44. The molecule has 1 aromatic heterocycles. The van der Waals surface area contributed by atoms with E-state index >= 15 is 0 Å². The summed E-state index contributed by atoms with van der Waals surface area (Å²) in [4.78, 5) is 4.82. The van der Waals surface area contributed by atoms with Crippen molar-refractivity contribution in [3.8, 4) is 0 Å². The maximum Gasteiger partial charge on any atom is 0.0984 e. The first kappa shape index (κ1) is 10.1. The fourth-order valence-corrected chi connectivity index (χ4v) is 4.28. The Morgan fingerprint density at radius 2 is 2.27 bits per heavy atom. The van der Waals surface area contributed by atoms with Gasteiger partial charge in [0.25, 0.3) is 0 Å². The van der Waals surface area contributed by atoms with Crippen molar-refractivity contribution in [2.75, 3.05) is 24.6 Å². The van der Waals surface area contributed by atoms with Crippen LogP contribution in [0.5, 0.6) is 0 Å². The van der Waals surface area contributed by atoms with Gasteiger partial charge in [0.1, 0.15) is 0 Å². The Balaban J connectivity index is 1.71. The first-order valence-electron chi connectivity index (χ1n) is 5.67. The molecule has 0 radical (unpaired) electrons. The minimum atomic E-state index is 0.708. The summed E-state index contributed by atoms with van der Waals surface area (Å²) in [5, 5.41) is 6.97. The van der Waals surface area contributed by atoms with Crippen LogP contribution in [0.3, 0.4) is 0 Å². The number of rotatable bonds is 2. The summed E-state index contributed by atoms with van der Waals surface area (Å²) in [6.07, 6.45) is 2.71. The summed E-state index contributed by atoms with van der Waals surface area (Å²) in [5.41, 5.74) is 1.37. The maximum absolute atomic E-state index is 4.82. The summed E-state index contributed by atoms with van der Waals surface area (Å²) in [6, 6.07) is 0. The van der Waals surface area contributed by atoms with Crippen LogP contribution in [0.25, 0.3) is 0 Å². The molecule has 2 fully saturated rings. The van der Waals surface area contributed by atoms with Crippen molar-refractivity contribution in [1.82, 2.24) is 10.3 Å². The normalized spacial score (nSPS) is 27.6. The third-order valence-electron chi connectivity index (χ3n) is 3.25. The van der Waals surface area contributed by atoms with Crippen LogP contribution in [0.2, 0.25) is 0 Å². The zero-order valence-corrected chi connectivity index (χ0v) is 10.4. The number of thioether (sulfide) groups is 1. The molecule has 1 unspecified atom stereocenters. The number of hydrogen-bond donors (Lipinski definition) is 1. The fraction of sp³-hybridized carbons (Fsp3) is 0.727. The highest BCUT2D eigenvalue weighted by atomic mass is 32.2. The van der Waals surface area contributed by atoms with Crippen molar-refractivity contribution in [2.45, 2.75) is 24.7 Å². The highest BCUT2D eigenvalue weighted by molar-refractivity contribution is 7.99. The second-order valence-corrected chi connectivity index (χ2v) is 6.42. The molecule has 2 saturated heterocycles. The zero-order valence-electron chi connectivity index (χ0n) is 8.74. The molecule has 0 amide bonds. The molecule has 0 spiro atoms. The quantitative estimate of drug-likeness (QED) is 0.859. The Kier molecular flexibility index (Phi) is 2.99. The van der Waals surface area contributed by atoms with Crippen molar-refractivity contribution in [3.63, 3.8) is 0 Å². The molecular weight excluding hydrogens is 224 g/mol. The van der Waals surface area contributed by atoms with Crippen molar-refractivity contribution < 1.29 is 0 Å². The highest BCUT2D eigenvalue weighted by Crippen LogP contribution is 2.33. The third-order valence-corrected chi connectivity index (χ3v) is 5.49. The molecule has 3 heterocycles. The Morgan fingerprint density at radius 3 is 2.93 bits per heavy atom. The number of hydrogen-bond acceptors (Lipinski definition) is 4. The van der Waals surface area contributed by atoms with Crippen LogP contribution >= 0.6 is 23.1 Å². The Morgan fingerprint density at radius 1 is 1.33 bits per heavy atom. The van der Waals surface area contributed by atoms with Gasteiger partial charge in [0.2, 0.25) is 0 Å². The molecule has 0 bridgehead atoms. The van der Waals surface area contributed by atoms with Crippen LogP contribution < -0.4 is 5.32 Å². The molecular formula is C11H16N2S2. The minimum Gasteiger partial charge on any atom is -0.315 e. The number of nitrogens with one attached hydrogen (secondary N) is 1. The summed E-state index contributed by atoms with van der Waals surface area (Å²) in [7, 11) is 0. The van der Waals surface area contributed by atoms with Gasteiger partial charge < -0.3 is 5.32 Å². The fourth-order valence-electron chi connectivity index (χ4n) is 2.11. The van der Waals surface area contributed by atoms with Gasteiger partial charge in [-0.15, -0.1) is 11.3 Å². The molecule has 1 atom stereocenters. The van der Waals surface area contributed by atoms with Crippen molar-refractivity contribution in [2.24, 2.45) is 0 Å². The summed E-state index contributed by atoms with van der Waals surface area (Å²) in [5.74, 6) is 4.08.